The van der Waals surface area contributed by atoms with Gasteiger partial charge in [0.05, 0.1) is 23.4 Å². The van der Waals surface area contributed by atoms with Crippen LogP contribution in [-0.4, -0.2) is 36.9 Å². The van der Waals surface area contributed by atoms with Crippen molar-refractivity contribution in [1.82, 2.24) is 0 Å². The van der Waals surface area contributed by atoms with Gasteiger partial charge in [-0.15, -0.1) is 0 Å². The second-order valence-corrected chi connectivity index (χ2v) is 7.49. The highest BCUT2D eigenvalue weighted by Crippen LogP contribution is 2.38. The van der Waals surface area contributed by atoms with E-state index in [9.17, 15) is 18.4 Å². The third kappa shape index (κ3) is 4.36. The van der Waals surface area contributed by atoms with Crippen molar-refractivity contribution in [2.45, 2.75) is 65.8 Å². The Labute approximate surface area is 163 Å². The summed E-state index contributed by atoms with van der Waals surface area (Å²) >= 11 is 0. The van der Waals surface area contributed by atoms with Gasteiger partial charge in [0.15, 0.2) is 0 Å². The highest BCUT2D eigenvalue weighted by molar-refractivity contribution is 6.63. The minimum Gasteiger partial charge on any atom is -0.462 e. The highest BCUT2D eigenvalue weighted by Gasteiger charge is 2.53. The van der Waals surface area contributed by atoms with Gasteiger partial charge in [0.25, 0.3) is 6.43 Å². The molecular weight excluding hydrogens is 373 g/mol. The standard InChI is InChI=1S/C19H25BF2O6/c1-7-25-17(24)13-9-8-12(10-26-11(2)23)15(14(13)16(21)22)20-27-18(3,4)19(5,6)28-20/h8-9,16H,7,10H2,1-6H3. The molecule has 9 heteroatoms. The summed E-state index contributed by atoms with van der Waals surface area (Å²) < 4.78 is 49.9. The first-order valence-electron chi connectivity index (χ1n) is 9.01. The van der Waals surface area contributed by atoms with Gasteiger partial charge in [0.2, 0.25) is 0 Å². The molecule has 1 aliphatic rings. The molecule has 1 saturated heterocycles. The van der Waals surface area contributed by atoms with E-state index in [0.29, 0.717) is 0 Å². The van der Waals surface area contributed by atoms with Crippen molar-refractivity contribution >= 4 is 24.5 Å². The van der Waals surface area contributed by atoms with Gasteiger partial charge in [-0.3, -0.25) is 4.79 Å². The summed E-state index contributed by atoms with van der Waals surface area (Å²) in [5, 5.41) is 0. The number of carbonyl (C=O) groups is 2. The number of hydrogen-bond acceptors (Lipinski definition) is 6. The Hall–Kier alpha value is -2.00. The molecule has 0 saturated carbocycles. The van der Waals surface area contributed by atoms with E-state index in [2.05, 4.69) is 0 Å². The second-order valence-electron chi connectivity index (χ2n) is 7.49. The smallest absolute Gasteiger partial charge is 0.462 e. The van der Waals surface area contributed by atoms with Crippen LogP contribution >= 0.6 is 0 Å². The lowest BCUT2D eigenvalue weighted by molar-refractivity contribution is -0.142. The Kier molecular flexibility index (Phi) is 6.50. The van der Waals surface area contributed by atoms with Crippen LogP contribution in [0.3, 0.4) is 0 Å². The summed E-state index contributed by atoms with van der Waals surface area (Å²) in [5.41, 5.74) is -2.11. The zero-order valence-electron chi connectivity index (χ0n) is 16.9. The Balaban J connectivity index is 2.65. The second kappa shape index (κ2) is 8.17. The minimum atomic E-state index is -2.99. The Morgan fingerprint density at radius 3 is 2.14 bits per heavy atom. The topological polar surface area (TPSA) is 71.1 Å². The largest absolute Gasteiger partial charge is 0.495 e. The molecule has 1 aliphatic heterocycles. The predicted molar refractivity (Wildman–Crippen MR) is 98.5 cm³/mol. The molecule has 28 heavy (non-hydrogen) atoms. The number of hydrogen-bond donors (Lipinski definition) is 0. The molecule has 0 spiro atoms. The average Bonchev–Trinajstić information content (AvgIpc) is 2.79. The lowest BCUT2D eigenvalue weighted by Crippen LogP contribution is -2.41. The number of ether oxygens (including phenoxy) is 2. The average molecular weight is 398 g/mol. The SMILES string of the molecule is CCOC(=O)c1ccc(COC(C)=O)c(B2OC(C)(C)C(C)(C)O2)c1C(F)F. The minimum absolute atomic E-state index is 0.0135. The quantitative estimate of drug-likeness (QED) is 0.542. The maximum Gasteiger partial charge on any atom is 0.495 e. The Morgan fingerprint density at radius 2 is 1.68 bits per heavy atom. The van der Waals surface area contributed by atoms with Crippen LogP contribution in [0.15, 0.2) is 12.1 Å². The van der Waals surface area contributed by atoms with E-state index >= 15 is 0 Å². The monoisotopic (exact) mass is 398 g/mol. The molecule has 154 valence electrons. The van der Waals surface area contributed by atoms with Crippen molar-refractivity contribution in [3.8, 4) is 0 Å². The molecule has 6 nitrogen and oxygen atoms in total. The van der Waals surface area contributed by atoms with Crippen LogP contribution in [0.25, 0.3) is 0 Å². The van der Waals surface area contributed by atoms with E-state index in [4.69, 9.17) is 18.8 Å². The molecule has 0 radical (unpaired) electrons. The number of halogens is 2. The van der Waals surface area contributed by atoms with Gasteiger partial charge < -0.3 is 18.8 Å². The number of rotatable bonds is 6. The number of alkyl halides is 2. The van der Waals surface area contributed by atoms with Crippen molar-refractivity contribution in [2.75, 3.05) is 6.61 Å². The van der Waals surface area contributed by atoms with Crippen LogP contribution in [0.4, 0.5) is 8.78 Å². The maximum absolute atomic E-state index is 14.1. The first-order chi connectivity index (χ1) is 12.9. The summed E-state index contributed by atoms with van der Waals surface area (Å²) in [4.78, 5) is 23.5. The predicted octanol–water partition coefficient (Wildman–Crippen LogP) is 3.16. The third-order valence-corrected chi connectivity index (χ3v) is 5.01. The lowest BCUT2D eigenvalue weighted by atomic mass is 9.71. The Morgan fingerprint density at radius 1 is 1.11 bits per heavy atom. The van der Waals surface area contributed by atoms with Crippen LogP contribution < -0.4 is 5.46 Å². The van der Waals surface area contributed by atoms with Crippen molar-refractivity contribution in [3.63, 3.8) is 0 Å². The summed E-state index contributed by atoms with van der Waals surface area (Å²) in [7, 11) is -1.16. The molecule has 0 N–H and O–H groups in total. The first kappa shape index (κ1) is 22.3. The molecule has 2 rings (SSSR count). The van der Waals surface area contributed by atoms with E-state index in [1.54, 1.807) is 34.6 Å². The van der Waals surface area contributed by atoms with Gasteiger partial charge in [0, 0.05) is 12.5 Å². The van der Waals surface area contributed by atoms with Crippen molar-refractivity contribution < 1.29 is 37.2 Å². The van der Waals surface area contributed by atoms with E-state index in [-0.39, 0.29) is 29.8 Å². The normalized spacial score (nSPS) is 17.7. The molecule has 0 amide bonds. The Bertz CT molecular complexity index is 747. The van der Waals surface area contributed by atoms with Crippen LogP contribution in [0.1, 0.15) is 69.5 Å². The van der Waals surface area contributed by atoms with Gasteiger partial charge in [-0.25, -0.2) is 13.6 Å². The molecule has 1 aromatic rings. The van der Waals surface area contributed by atoms with Crippen LogP contribution in [0.5, 0.6) is 0 Å². The van der Waals surface area contributed by atoms with Crippen LogP contribution in [-0.2, 0) is 30.2 Å². The molecule has 1 fully saturated rings. The fourth-order valence-corrected chi connectivity index (χ4v) is 2.85. The van der Waals surface area contributed by atoms with Gasteiger partial charge in [-0.2, -0.15) is 0 Å². The van der Waals surface area contributed by atoms with E-state index < -0.39 is 42.2 Å². The van der Waals surface area contributed by atoms with Crippen molar-refractivity contribution in [3.05, 3.63) is 28.8 Å². The maximum atomic E-state index is 14.1. The molecular formula is C19H25BF2O6. The molecule has 0 bridgehead atoms. The highest BCUT2D eigenvalue weighted by atomic mass is 19.3. The number of benzene rings is 1. The van der Waals surface area contributed by atoms with Gasteiger partial charge in [0.1, 0.15) is 6.61 Å². The third-order valence-electron chi connectivity index (χ3n) is 5.01. The zero-order chi connectivity index (χ0) is 21.3. The summed E-state index contributed by atoms with van der Waals surface area (Å²) in [6.07, 6.45) is -2.99. The molecule has 0 aliphatic carbocycles. The summed E-state index contributed by atoms with van der Waals surface area (Å²) in [6, 6.07) is 2.69. The first-order valence-corrected chi connectivity index (χ1v) is 9.01. The number of esters is 2. The molecule has 1 aromatic carbocycles. The zero-order valence-corrected chi connectivity index (χ0v) is 16.9. The van der Waals surface area contributed by atoms with Crippen LogP contribution in [0, 0.1) is 0 Å². The lowest BCUT2D eigenvalue weighted by Gasteiger charge is -2.32. The van der Waals surface area contributed by atoms with E-state index in [0.717, 1.165) is 0 Å². The fourth-order valence-electron chi connectivity index (χ4n) is 2.85. The molecule has 0 unspecified atom stereocenters. The fraction of sp³-hybridized carbons (Fsp3) is 0.579. The molecule has 0 atom stereocenters. The number of carbonyl (C=O) groups excluding carboxylic acids is 2. The molecule has 1 heterocycles. The van der Waals surface area contributed by atoms with Crippen LogP contribution in [0.2, 0.25) is 0 Å². The molecule has 0 aromatic heterocycles. The summed E-state index contributed by atoms with van der Waals surface area (Å²) in [5.74, 6) is -1.43. The summed E-state index contributed by atoms with van der Waals surface area (Å²) in [6.45, 7) is 9.75. The van der Waals surface area contributed by atoms with Gasteiger partial charge in [-0.1, -0.05) is 6.07 Å². The van der Waals surface area contributed by atoms with Gasteiger partial charge in [-0.05, 0) is 51.7 Å². The van der Waals surface area contributed by atoms with E-state index in [1.807, 2.05) is 0 Å². The van der Waals surface area contributed by atoms with Gasteiger partial charge >= 0.3 is 19.1 Å². The van der Waals surface area contributed by atoms with Crippen molar-refractivity contribution in [2.24, 2.45) is 0 Å². The van der Waals surface area contributed by atoms with E-state index in [1.165, 1.54) is 19.1 Å². The van der Waals surface area contributed by atoms with Crippen molar-refractivity contribution in [1.29, 1.82) is 0 Å².